The molecule has 0 unspecified atom stereocenters. The van der Waals surface area contributed by atoms with E-state index in [2.05, 4.69) is 15.8 Å². The summed E-state index contributed by atoms with van der Waals surface area (Å²) in [4.78, 5) is 33.2. The molecule has 4 N–H and O–H groups in total. The van der Waals surface area contributed by atoms with Gasteiger partial charge in [0.1, 0.15) is 12.4 Å². The number of anilines is 2. The van der Waals surface area contributed by atoms with E-state index in [1.54, 1.807) is 13.0 Å². The number of halogens is 3. The minimum Gasteiger partial charge on any atom is -0.395 e. The highest BCUT2D eigenvalue weighted by molar-refractivity contribution is 6.01. The maximum atomic E-state index is 14.9. The number of carbonyl (C=O) groups is 2. The topological polar surface area (TPSA) is 121 Å². The van der Waals surface area contributed by atoms with Gasteiger partial charge in [-0.25, -0.2) is 18.7 Å². The molecule has 33 heavy (non-hydrogen) atoms. The van der Waals surface area contributed by atoms with Crippen LogP contribution in [0.4, 0.5) is 24.5 Å². The second kappa shape index (κ2) is 12.4. The van der Waals surface area contributed by atoms with Crippen LogP contribution < -0.4 is 16.1 Å². The van der Waals surface area contributed by atoms with E-state index in [1.165, 1.54) is 19.2 Å². The first-order valence-electron chi connectivity index (χ1n) is 9.72. The second-order valence-corrected chi connectivity index (χ2v) is 6.62. The fraction of sp³-hybridized carbons (Fsp3) is 0.286. The Bertz CT molecular complexity index is 1030. The van der Waals surface area contributed by atoms with Gasteiger partial charge >= 0.3 is 0 Å². The summed E-state index contributed by atoms with van der Waals surface area (Å²) in [6.07, 6.45) is 0.815. The maximum Gasteiger partial charge on any atom is 0.277 e. The number of oxime groups is 1. The van der Waals surface area contributed by atoms with Crippen molar-refractivity contribution in [3.63, 3.8) is 0 Å². The summed E-state index contributed by atoms with van der Waals surface area (Å²) in [5.74, 6) is -4.89. The van der Waals surface area contributed by atoms with Crippen LogP contribution in [0.3, 0.4) is 0 Å². The number of hydrogen-bond acceptors (Lipinski definition) is 7. The molecule has 2 aromatic rings. The lowest BCUT2D eigenvalue weighted by Gasteiger charge is -2.15. The third kappa shape index (κ3) is 7.19. The summed E-state index contributed by atoms with van der Waals surface area (Å²) in [6, 6.07) is 4.98. The minimum absolute atomic E-state index is 0.00843. The van der Waals surface area contributed by atoms with Crippen molar-refractivity contribution in [2.75, 3.05) is 32.2 Å². The standard InChI is InChI=1S/C21H23F3N4O5/c1-12-3-4-16(15(22)9-12)27-20-14(21(31)28-33-8-6-29)10-13(18(23)19(20)24)11-26-32-7-5-17(30)25-2/h3-4,9-11,27,29H,5-8H2,1-2H3,(H,25,30)(H,28,31)/b26-11+. The van der Waals surface area contributed by atoms with Crippen molar-refractivity contribution < 1.29 is 37.5 Å². The van der Waals surface area contributed by atoms with E-state index in [1.807, 2.05) is 5.48 Å². The Morgan fingerprint density at radius 3 is 2.58 bits per heavy atom. The number of aliphatic hydroxyl groups excluding tert-OH is 1. The molecule has 0 saturated heterocycles. The quantitative estimate of drug-likeness (QED) is 0.228. The number of hydroxylamine groups is 1. The van der Waals surface area contributed by atoms with E-state index in [-0.39, 0.29) is 31.2 Å². The fourth-order valence-corrected chi connectivity index (χ4v) is 2.52. The van der Waals surface area contributed by atoms with Crippen LogP contribution in [0.15, 0.2) is 29.4 Å². The Labute approximate surface area is 187 Å². The van der Waals surface area contributed by atoms with Gasteiger partial charge in [0.15, 0.2) is 11.6 Å². The molecular weight excluding hydrogens is 445 g/mol. The van der Waals surface area contributed by atoms with Crippen LogP contribution in [0.1, 0.15) is 27.9 Å². The van der Waals surface area contributed by atoms with Crippen LogP contribution in [0.25, 0.3) is 0 Å². The van der Waals surface area contributed by atoms with Gasteiger partial charge in [0, 0.05) is 12.6 Å². The number of carbonyl (C=O) groups excluding carboxylic acids is 2. The normalized spacial score (nSPS) is 10.8. The molecule has 2 aromatic carbocycles. The van der Waals surface area contributed by atoms with Gasteiger partial charge in [-0.2, -0.15) is 0 Å². The Hall–Kier alpha value is -3.64. The number of aryl methyl sites for hydroxylation is 1. The predicted octanol–water partition coefficient (Wildman–Crippen LogP) is 2.30. The molecule has 12 heteroatoms. The summed E-state index contributed by atoms with van der Waals surface area (Å²) >= 11 is 0. The number of benzene rings is 2. The molecule has 0 spiro atoms. The molecule has 2 rings (SSSR count). The van der Waals surface area contributed by atoms with Gasteiger partial charge in [0.25, 0.3) is 5.91 Å². The number of nitrogens with zero attached hydrogens (tertiary/aromatic N) is 1. The summed E-state index contributed by atoms with van der Waals surface area (Å²) in [5, 5.41) is 17.0. The first-order chi connectivity index (χ1) is 15.8. The number of amides is 2. The van der Waals surface area contributed by atoms with Crippen LogP contribution >= 0.6 is 0 Å². The Morgan fingerprint density at radius 2 is 1.91 bits per heavy atom. The highest BCUT2D eigenvalue weighted by Gasteiger charge is 2.23. The molecule has 0 radical (unpaired) electrons. The summed E-state index contributed by atoms with van der Waals surface area (Å²) in [7, 11) is 1.44. The lowest BCUT2D eigenvalue weighted by molar-refractivity contribution is -0.121. The molecule has 2 amide bonds. The van der Waals surface area contributed by atoms with Gasteiger partial charge in [-0.05, 0) is 30.7 Å². The van der Waals surface area contributed by atoms with Crippen molar-refractivity contribution in [2.45, 2.75) is 13.3 Å². The molecular formula is C21H23F3N4O5. The zero-order valence-electron chi connectivity index (χ0n) is 17.9. The van der Waals surface area contributed by atoms with Gasteiger partial charge in [-0.3, -0.25) is 14.4 Å². The molecule has 0 aromatic heterocycles. The minimum atomic E-state index is -1.48. The highest BCUT2D eigenvalue weighted by atomic mass is 19.2. The average molecular weight is 468 g/mol. The third-order valence-electron chi connectivity index (χ3n) is 4.19. The van der Waals surface area contributed by atoms with Crippen LogP contribution in [-0.2, 0) is 14.5 Å². The van der Waals surface area contributed by atoms with E-state index < -0.39 is 46.8 Å². The number of rotatable bonds is 11. The number of hydrogen-bond donors (Lipinski definition) is 4. The van der Waals surface area contributed by atoms with E-state index in [0.29, 0.717) is 5.56 Å². The molecule has 0 saturated carbocycles. The molecule has 178 valence electrons. The van der Waals surface area contributed by atoms with E-state index in [4.69, 9.17) is 14.8 Å². The van der Waals surface area contributed by atoms with Gasteiger partial charge in [-0.1, -0.05) is 11.2 Å². The molecule has 0 bridgehead atoms. The number of aliphatic hydroxyl groups is 1. The van der Waals surface area contributed by atoms with E-state index in [9.17, 15) is 22.8 Å². The van der Waals surface area contributed by atoms with Crippen LogP contribution in [-0.4, -0.2) is 50.0 Å². The molecule has 0 atom stereocenters. The molecule has 0 heterocycles. The van der Waals surface area contributed by atoms with Crippen LogP contribution in [0, 0.1) is 24.4 Å². The average Bonchev–Trinajstić information content (AvgIpc) is 2.79. The lowest BCUT2D eigenvalue weighted by Crippen LogP contribution is -2.26. The molecule has 0 aliphatic carbocycles. The van der Waals surface area contributed by atoms with E-state index >= 15 is 0 Å². The summed E-state index contributed by atoms with van der Waals surface area (Å²) < 4.78 is 43.8. The largest absolute Gasteiger partial charge is 0.395 e. The lowest BCUT2D eigenvalue weighted by atomic mass is 10.1. The van der Waals surface area contributed by atoms with Gasteiger partial charge in [0.2, 0.25) is 5.91 Å². The first-order valence-corrected chi connectivity index (χ1v) is 9.72. The third-order valence-corrected chi connectivity index (χ3v) is 4.19. The first kappa shape index (κ1) is 25.6. The Morgan fingerprint density at radius 1 is 1.15 bits per heavy atom. The van der Waals surface area contributed by atoms with Gasteiger partial charge < -0.3 is 20.6 Å². The zero-order chi connectivity index (χ0) is 24.4. The molecule has 0 aliphatic heterocycles. The van der Waals surface area contributed by atoms with Crippen molar-refractivity contribution in [1.29, 1.82) is 0 Å². The maximum absolute atomic E-state index is 14.9. The Kier molecular flexibility index (Phi) is 9.63. The van der Waals surface area contributed by atoms with Crippen molar-refractivity contribution in [3.05, 3.63) is 58.4 Å². The van der Waals surface area contributed by atoms with Crippen molar-refractivity contribution in [1.82, 2.24) is 10.8 Å². The van der Waals surface area contributed by atoms with Crippen molar-refractivity contribution in [2.24, 2.45) is 5.16 Å². The van der Waals surface area contributed by atoms with Crippen molar-refractivity contribution in [3.8, 4) is 0 Å². The van der Waals surface area contributed by atoms with Gasteiger partial charge in [0.05, 0.1) is 42.8 Å². The fourth-order valence-electron chi connectivity index (χ4n) is 2.52. The van der Waals surface area contributed by atoms with Crippen LogP contribution in [0.2, 0.25) is 0 Å². The highest BCUT2D eigenvalue weighted by Crippen LogP contribution is 2.30. The van der Waals surface area contributed by atoms with Crippen LogP contribution in [0.5, 0.6) is 0 Å². The SMILES string of the molecule is CNC(=O)CCO/N=C/c1cc(C(=O)NOCCO)c(Nc2ccc(C)cc2F)c(F)c1F. The monoisotopic (exact) mass is 468 g/mol. The van der Waals surface area contributed by atoms with Crippen molar-refractivity contribution >= 4 is 29.4 Å². The second-order valence-electron chi connectivity index (χ2n) is 6.62. The zero-order valence-corrected chi connectivity index (χ0v) is 17.9. The molecule has 9 nitrogen and oxygen atoms in total. The summed E-state index contributed by atoms with van der Waals surface area (Å²) in [6.45, 7) is 0.881. The smallest absolute Gasteiger partial charge is 0.277 e. The van der Waals surface area contributed by atoms with Gasteiger partial charge in [-0.15, -0.1) is 0 Å². The molecule has 0 fully saturated rings. The Balaban J connectivity index is 2.37. The van der Waals surface area contributed by atoms with E-state index in [0.717, 1.165) is 12.3 Å². The number of nitrogens with one attached hydrogen (secondary N) is 3. The predicted molar refractivity (Wildman–Crippen MR) is 114 cm³/mol. The molecule has 0 aliphatic rings. The summed E-state index contributed by atoms with van der Waals surface area (Å²) in [5.41, 5.74) is 0.864.